The van der Waals surface area contributed by atoms with E-state index in [2.05, 4.69) is 58.5 Å². The van der Waals surface area contributed by atoms with Gasteiger partial charge in [-0.05, 0) is 50.1 Å². The quantitative estimate of drug-likeness (QED) is 0.739. The third-order valence-electron chi connectivity index (χ3n) is 3.75. The number of nitrogens with one attached hydrogen (secondary N) is 2. The van der Waals surface area contributed by atoms with Crippen LogP contribution >= 0.6 is 0 Å². The molecule has 5 heteroatoms. The highest BCUT2D eigenvalue weighted by molar-refractivity contribution is 5.64. The molecule has 2 N–H and O–H groups in total. The van der Waals surface area contributed by atoms with Crippen LogP contribution in [0.15, 0.2) is 48.8 Å². The fourth-order valence-electron chi connectivity index (χ4n) is 2.69. The monoisotopic (exact) mass is 319 g/mol. The lowest BCUT2D eigenvalue weighted by Crippen LogP contribution is -2.06. The molecule has 5 nitrogen and oxygen atoms in total. The minimum absolute atomic E-state index is 0.580. The SMILES string of the molecule is Cc1cc(C)c(Nc2nccc(NCc3ccccn3)n2)c(C)c1. The number of hydrogen-bond acceptors (Lipinski definition) is 5. The molecule has 0 aliphatic rings. The Morgan fingerprint density at radius 2 is 1.71 bits per heavy atom. The molecule has 3 rings (SSSR count). The van der Waals surface area contributed by atoms with Gasteiger partial charge in [0.05, 0.1) is 12.2 Å². The van der Waals surface area contributed by atoms with Crippen LogP contribution < -0.4 is 10.6 Å². The summed E-state index contributed by atoms with van der Waals surface area (Å²) in [6.07, 6.45) is 3.53. The molecular weight excluding hydrogens is 298 g/mol. The Hall–Kier alpha value is -2.95. The molecule has 3 aromatic rings. The summed E-state index contributed by atoms with van der Waals surface area (Å²) in [6, 6.07) is 12.0. The normalized spacial score (nSPS) is 10.5. The number of pyridine rings is 1. The van der Waals surface area contributed by atoms with Crippen molar-refractivity contribution in [3.8, 4) is 0 Å². The molecule has 0 atom stereocenters. The van der Waals surface area contributed by atoms with Crippen LogP contribution in [0, 0.1) is 20.8 Å². The average molecular weight is 319 g/mol. The van der Waals surface area contributed by atoms with Crippen molar-refractivity contribution >= 4 is 17.5 Å². The second-order valence-electron chi connectivity index (χ2n) is 5.84. The summed E-state index contributed by atoms with van der Waals surface area (Å²) in [5.74, 6) is 1.34. The van der Waals surface area contributed by atoms with Gasteiger partial charge in [0, 0.05) is 18.1 Å². The smallest absolute Gasteiger partial charge is 0.229 e. The van der Waals surface area contributed by atoms with Crippen LogP contribution in [0.3, 0.4) is 0 Å². The highest BCUT2D eigenvalue weighted by Gasteiger charge is 2.06. The van der Waals surface area contributed by atoms with Crippen molar-refractivity contribution in [1.29, 1.82) is 0 Å². The third-order valence-corrected chi connectivity index (χ3v) is 3.75. The summed E-state index contributed by atoms with van der Waals surface area (Å²) in [5, 5.41) is 6.60. The zero-order valence-electron chi connectivity index (χ0n) is 14.2. The maximum atomic E-state index is 4.53. The van der Waals surface area contributed by atoms with Gasteiger partial charge in [-0.25, -0.2) is 4.98 Å². The second-order valence-corrected chi connectivity index (χ2v) is 5.84. The summed E-state index contributed by atoms with van der Waals surface area (Å²) in [6.45, 7) is 6.90. The molecule has 0 fully saturated rings. The van der Waals surface area contributed by atoms with Gasteiger partial charge < -0.3 is 10.6 Å². The molecule has 0 radical (unpaired) electrons. The molecule has 0 spiro atoms. The molecule has 122 valence electrons. The van der Waals surface area contributed by atoms with Crippen LogP contribution in [0.5, 0.6) is 0 Å². The zero-order valence-corrected chi connectivity index (χ0v) is 14.2. The fourth-order valence-corrected chi connectivity index (χ4v) is 2.69. The molecule has 0 saturated heterocycles. The lowest BCUT2D eigenvalue weighted by molar-refractivity contribution is 1.02. The number of aromatic nitrogens is 3. The highest BCUT2D eigenvalue weighted by Crippen LogP contribution is 2.24. The van der Waals surface area contributed by atoms with Gasteiger partial charge in [-0.15, -0.1) is 0 Å². The molecule has 0 unspecified atom stereocenters. The van der Waals surface area contributed by atoms with Gasteiger partial charge in [-0.3, -0.25) is 4.98 Å². The van der Waals surface area contributed by atoms with E-state index >= 15 is 0 Å². The maximum absolute atomic E-state index is 4.53. The Balaban J connectivity index is 1.74. The van der Waals surface area contributed by atoms with E-state index in [0.29, 0.717) is 12.5 Å². The van der Waals surface area contributed by atoms with Crippen LogP contribution in [0.1, 0.15) is 22.4 Å². The van der Waals surface area contributed by atoms with Crippen LogP contribution in [-0.4, -0.2) is 15.0 Å². The molecule has 1 aromatic carbocycles. The largest absolute Gasteiger partial charge is 0.364 e. The van der Waals surface area contributed by atoms with Gasteiger partial charge in [0.25, 0.3) is 0 Å². The third kappa shape index (κ3) is 3.87. The highest BCUT2D eigenvalue weighted by atomic mass is 15.1. The van der Waals surface area contributed by atoms with Crippen LogP contribution in [-0.2, 0) is 6.54 Å². The summed E-state index contributed by atoms with van der Waals surface area (Å²) in [7, 11) is 0. The molecule has 0 aliphatic heterocycles. The Labute approximate surface area is 142 Å². The summed E-state index contributed by atoms with van der Waals surface area (Å²) in [4.78, 5) is 13.1. The number of anilines is 3. The van der Waals surface area contributed by atoms with Crippen molar-refractivity contribution < 1.29 is 0 Å². The maximum Gasteiger partial charge on any atom is 0.229 e. The van der Waals surface area contributed by atoms with Crippen LogP contribution in [0.4, 0.5) is 17.5 Å². The van der Waals surface area contributed by atoms with Crippen molar-refractivity contribution in [2.75, 3.05) is 10.6 Å². The lowest BCUT2D eigenvalue weighted by Gasteiger charge is -2.13. The first kappa shape index (κ1) is 15.9. The number of benzene rings is 1. The second kappa shape index (κ2) is 7.08. The molecule has 24 heavy (non-hydrogen) atoms. The van der Waals surface area contributed by atoms with Gasteiger partial charge in [-0.1, -0.05) is 23.8 Å². The molecule has 2 heterocycles. The zero-order chi connectivity index (χ0) is 16.9. The molecule has 0 saturated carbocycles. The van der Waals surface area contributed by atoms with E-state index in [1.807, 2.05) is 24.3 Å². The molecule has 2 aromatic heterocycles. The van der Waals surface area contributed by atoms with Crippen molar-refractivity contribution in [3.05, 3.63) is 71.2 Å². The van der Waals surface area contributed by atoms with Crippen molar-refractivity contribution in [2.24, 2.45) is 0 Å². The van der Waals surface area contributed by atoms with E-state index in [4.69, 9.17) is 0 Å². The van der Waals surface area contributed by atoms with Crippen LogP contribution in [0.25, 0.3) is 0 Å². The van der Waals surface area contributed by atoms with Gasteiger partial charge in [-0.2, -0.15) is 4.98 Å². The Kier molecular flexibility index (Phi) is 4.70. The number of nitrogens with zero attached hydrogens (tertiary/aromatic N) is 3. The Morgan fingerprint density at radius 3 is 2.42 bits per heavy atom. The summed E-state index contributed by atoms with van der Waals surface area (Å²) in [5.41, 5.74) is 5.64. The molecule has 0 amide bonds. The van der Waals surface area contributed by atoms with Gasteiger partial charge >= 0.3 is 0 Å². The average Bonchev–Trinajstić information content (AvgIpc) is 2.58. The van der Waals surface area contributed by atoms with E-state index in [0.717, 1.165) is 17.2 Å². The van der Waals surface area contributed by atoms with Gasteiger partial charge in [0.15, 0.2) is 0 Å². The van der Waals surface area contributed by atoms with Crippen molar-refractivity contribution in [2.45, 2.75) is 27.3 Å². The predicted octanol–water partition coefficient (Wildman–Crippen LogP) is 4.15. The van der Waals surface area contributed by atoms with Crippen molar-refractivity contribution in [1.82, 2.24) is 15.0 Å². The number of rotatable bonds is 5. The number of hydrogen-bond donors (Lipinski definition) is 2. The summed E-state index contributed by atoms with van der Waals surface area (Å²) >= 11 is 0. The molecular formula is C19H21N5. The summed E-state index contributed by atoms with van der Waals surface area (Å²) < 4.78 is 0. The first-order valence-electron chi connectivity index (χ1n) is 7.93. The lowest BCUT2D eigenvalue weighted by atomic mass is 10.1. The van der Waals surface area contributed by atoms with Gasteiger partial charge in [0.1, 0.15) is 5.82 Å². The minimum atomic E-state index is 0.580. The van der Waals surface area contributed by atoms with Crippen LogP contribution in [0.2, 0.25) is 0 Å². The molecule has 0 aliphatic carbocycles. The topological polar surface area (TPSA) is 62.7 Å². The first-order valence-corrected chi connectivity index (χ1v) is 7.93. The Bertz CT molecular complexity index is 807. The van der Waals surface area contributed by atoms with E-state index in [1.54, 1.807) is 12.4 Å². The van der Waals surface area contributed by atoms with E-state index in [-0.39, 0.29) is 0 Å². The fraction of sp³-hybridized carbons (Fsp3) is 0.211. The van der Waals surface area contributed by atoms with E-state index in [1.165, 1.54) is 16.7 Å². The number of aryl methyl sites for hydroxylation is 3. The minimum Gasteiger partial charge on any atom is -0.364 e. The van der Waals surface area contributed by atoms with E-state index in [9.17, 15) is 0 Å². The molecule has 0 bridgehead atoms. The van der Waals surface area contributed by atoms with Crippen molar-refractivity contribution in [3.63, 3.8) is 0 Å². The first-order chi connectivity index (χ1) is 11.6. The van der Waals surface area contributed by atoms with E-state index < -0.39 is 0 Å². The van der Waals surface area contributed by atoms with Gasteiger partial charge in [0.2, 0.25) is 5.95 Å². The standard InChI is InChI=1S/C19H21N5/c1-13-10-14(2)18(15(3)11-13)24-19-21-9-7-17(23-19)22-12-16-6-4-5-8-20-16/h4-11H,12H2,1-3H3,(H2,21,22,23,24). The Morgan fingerprint density at radius 1 is 0.917 bits per heavy atom. The predicted molar refractivity (Wildman–Crippen MR) is 97.5 cm³/mol.